The average Bonchev–Trinajstić information content (AvgIpc) is 2.91. The molecule has 1 atom stereocenters. The van der Waals surface area contributed by atoms with E-state index in [2.05, 4.69) is 4.98 Å². The van der Waals surface area contributed by atoms with Gasteiger partial charge in [0.15, 0.2) is 0 Å². The number of thiophene rings is 1. The first-order valence-electron chi connectivity index (χ1n) is 5.41. The molecule has 1 aromatic carbocycles. The summed E-state index contributed by atoms with van der Waals surface area (Å²) in [5, 5.41) is 13.4. The molecule has 1 unspecified atom stereocenters. The second-order valence-corrected chi connectivity index (χ2v) is 4.82. The second kappa shape index (κ2) is 4.28. The first kappa shape index (κ1) is 10.4. The van der Waals surface area contributed by atoms with Crippen LogP contribution in [-0.2, 0) is 0 Å². The van der Waals surface area contributed by atoms with E-state index in [1.165, 1.54) is 0 Å². The minimum Gasteiger partial charge on any atom is -0.383 e. The molecule has 0 aliphatic heterocycles. The molecule has 3 aromatic rings. The van der Waals surface area contributed by atoms with Crippen molar-refractivity contribution in [1.29, 1.82) is 0 Å². The smallest absolute Gasteiger partial charge is 0.115 e. The highest BCUT2D eigenvalue weighted by Crippen LogP contribution is 2.29. The van der Waals surface area contributed by atoms with Crippen molar-refractivity contribution in [3.8, 4) is 0 Å². The molecule has 2 aromatic heterocycles. The summed E-state index contributed by atoms with van der Waals surface area (Å²) in [6.45, 7) is 0. The van der Waals surface area contributed by atoms with Crippen LogP contribution in [0.4, 0.5) is 0 Å². The molecule has 3 heteroatoms. The van der Waals surface area contributed by atoms with Gasteiger partial charge < -0.3 is 5.11 Å². The van der Waals surface area contributed by atoms with E-state index in [0.29, 0.717) is 0 Å². The van der Waals surface area contributed by atoms with Crippen LogP contribution in [0.3, 0.4) is 0 Å². The van der Waals surface area contributed by atoms with Crippen molar-refractivity contribution in [3.63, 3.8) is 0 Å². The average molecular weight is 241 g/mol. The molecule has 3 rings (SSSR count). The number of benzene rings is 1. The van der Waals surface area contributed by atoms with Gasteiger partial charge >= 0.3 is 0 Å². The summed E-state index contributed by atoms with van der Waals surface area (Å²) >= 11 is 1.56. The van der Waals surface area contributed by atoms with Crippen LogP contribution < -0.4 is 0 Å². The molecule has 0 radical (unpaired) electrons. The highest BCUT2D eigenvalue weighted by atomic mass is 32.1. The van der Waals surface area contributed by atoms with Crippen molar-refractivity contribution >= 4 is 22.2 Å². The van der Waals surface area contributed by atoms with Gasteiger partial charge in [-0.2, -0.15) is 0 Å². The molecule has 0 aliphatic rings. The van der Waals surface area contributed by atoms with Crippen molar-refractivity contribution in [1.82, 2.24) is 4.98 Å². The van der Waals surface area contributed by atoms with Crippen LogP contribution in [0.15, 0.2) is 54.0 Å². The predicted octanol–water partition coefficient (Wildman–Crippen LogP) is 3.38. The lowest BCUT2D eigenvalue weighted by atomic mass is 10.0. The Morgan fingerprint density at radius 3 is 2.76 bits per heavy atom. The number of para-hydroxylation sites is 1. The summed E-state index contributed by atoms with van der Waals surface area (Å²) in [5.74, 6) is 0. The first-order valence-corrected chi connectivity index (χ1v) is 6.29. The summed E-state index contributed by atoms with van der Waals surface area (Å²) in [6.07, 6.45) is 1.17. The second-order valence-electron chi connectivity index (χ2n) is 3.84. The van der Waals surface area contributed by atoms with E-state index in [9.17, 15) is 5.11 Å². The van der Waals surface area contributed by atoms with Crippen LogP contribution in [0, 0.1) is 0 Å². The number of aliphatic hydroxyl groups excluding tert-OH is 1. The van der Waals surface area contributed by atoms with Crippen LogP contribution in [0.25, 0.3) is 10.9 Å². The van der Waals surface area contributed by atoms with Gasteiger partial charge in [-0.15, -0.1) is 11.3 Å². The summed E-state index contributed by atoms with van der Waals surface area (Å²) < 4.78 is 0. The molecule has 0 spiro atoms. The van der Waals surface area contributed by atoms with Crippen molar-refractivity contribution < 1.29 is 5.11 Å². The fourth-order valence-electron chi connectivity index (χ4n) is 1.95. The maximum Gasteiger partial charge on any atom is 0.115 e. The molecular weight excluding hydrogens is 230 g/mol. The fraction of sp³-hybridized carbons (Fsp3) is 0.0714. The third-order valence-corrected chi connectivity index (χ3v) is 3.70. The minimum atomic E-state index is -0.589. The van der Waals surface area contributed by atoms with E-state index < -0.39 is 6.10 Å². The molecule has 0 fully saturated rings. The van der Waals surface area contributed by atoms with E-state index in [4.69, 9.17) is 0 Å². The quantitative estimate of drug-likeness (QED) is 0.746. The zero-order valence-electron chi connectivity index (χ0n) is 9.08. The van der Waals surface area contributed by atoms with E-state index in [-0.39, 0.29) is 0 Å². The molecule has 17 heavy (non-hydrogen) atoms. The van der Waals surface area contributed by atoms with Gasteiger partial charge in [0.1, 0.15) is 6.10 Å². The van der Waals surface area contributed by atoms with E-state index in [1.54, 1.807) is 17.5 Å². The van der Waals surface area contributed by atoms with Crippen molar-refractivity contribution in [3.05, 3.63) is 64.5 Å². The first-order chi connectivity index (χ1) is 8.36. The van der Waals surface area contributed by atoms with Gasteiger partial charge in [0, 0.05) is 22.0 Å². The third kappa shape index (κ3) is 1.84. The third-order valence-electron chi connectivity index (χ3n) is 2.77. The van der Waals surface area contributed by atoms with Gasteiger partial charge in [0.25, 0.3) is 0 Å². The lowest BCUT2D eigenvalue weighted by molar-refractivity contribution is 0.225. The SMILES string of the molecule is OC(c1cccs1)c1cccc2cccnc12. The Bertz CT molecular complexity index is 628. The molecule has 0 saturated carbocycles. The van der Waals surface area contributed by atoms with Gasteiger partial charge in [-0.25, -0.2) is 0 Å². The maximum atomic E-state index is 10.3. The molecule has 0 saturated heterocycles. The highest BCUT2D eigenvalue weighted by Gasteiger charge is 2.14. The molecule has 2 heterocycles. The lowest BCUT2D eigenvalue weighted by Gasteiger charge is -2.11. The minimum absolute atomic E-state index is 0.589. The summed E-state index contributed by atoms with van der Waals surface area (Å²) in [5.41, 5.74) is 1.74. The maximum absolute atomic E-state index is 10.3. The molecule has 2 nitrogen and oxygen atoms in total. The van der Waals surface area contributed by atoms with Crippen molar-refractivity contribution in [2.24, 2.45) is 0 Å². The van der Waals surface area contributed by atoms with Crippen molar-refractivity contribution in [2.75, 3.05) is 0 Å². The van der Waals surface area contributed by atoms with Gasteiger partial charge in [0.05, 0.1) is 5.52 Å². The molecule has 0 aliphatic carbocycles. The standard InChI is InChI=1S/C14H11NOS/c16-14(12-7-3-9-17-12)11-6-1-4-10-5-2-8-15-13(10)11/h1-9,14,16H. The molecule has 84 valence electrons. The van der Waals surface area contributed by atoms with Crippen LogP contribution in [-0.4, -0.2) is 10.1 Å². The molecule has 0 bridgehead atoms. The number of aromatic nitrogens is 1. The Morgan fingerprint density at radius 1 is 1.06 bits per heavy atom. The Kier molecular flexibility index (Phi) is 2.63. The molecule has 1 N–H and O–H groups in total. The number of hydrogen-bond acceptors (Lipinski definition) is 3. The van der Waals surface area contributed by atoms with Crippen LogP contribution in [0.2, 0.25) is 0 Å². The molecule has 0 amide bonds. The highest BCUT2D eigenvalue weighted by molar-refractivity contribution is 7.10. The zero-order valence-corrected chi connectivity index (χ0v) is 9.89. The largest absolute Gasteiger partial charge is 0.383 e. The Labute approximate surface area is 103 Å². The van der Waals surface area contributed by atoms with Crippen LogP contribution in [0.5, 0.6) is 0 Å². The fourth-order valence-corrected chi connectivity index (χ4v) is 2.68. The number of pyridine rings is 1. The zero-order chi connectivity index (χ0) is 11.7. The van der Waals surface area contributed by atoms with E-state index in [1.807, 2.05) is 47.8 Å². The molecular formula is C14H11NOS. The van der Waals surface area contributed by atoms with Gasteiger partial charge in [0.2, 0.25) is 0 Å². The van der Waals surface area contributed by atoms with Gasteiger partial charge in [-0.1, -0.05) is 30.3 Å². The topological polar surface area (TPSA) is 33.1 Å². The Morgan fingerprint density at radius 2 is 1.94 bits per heavy atom. The van der Waals surface area contributed by atoms with E-state index >= 15 is 0 Å². The monoisotopic (exact) mass is 241 g/mol. The number of hydrogen-bond donors (Lipinski definition) is 1. The van der Waals surface area contributed by atoms with Crippen LogP contribution in [0.1, 0.15) is 16.5 Å². The number of fused-ring (bicyclic) bond motifs is 1. The number of nitrogens with zero attached hydrogens (tertiary/aromatic N) is 1. The van der Waals surface area contributed by atoms with Crippen molar-refractivity contribution in [2.45, 2.75) is 6.10 Å². The normalized spacial score (nSPS) is 12.8. The number of aliphatic hydroxyl groups is 1. The predicted molar refractivity (Wildman–Crippen MR) is 70.1 cm³/mol. The summed E-state index contributed by atoms with van der Waals surface area (Å²) in [6, 6.07) is 13.7. The van der Waals surface area contributed by atoms with Crippen LogP contribution >= 0.6 is 11.3 Å². The van der Waals surface area contributed by atoms with Gasteiger partial charge in [-0.3, -0.25) is 4.98 Å². The lowest BCUT2D eigenvalue weighted by Crippen LogP contribution is -1.99. The Balaban J connectivity index is 2.17. The van der Waals surface area contributed by atoms with Gasteiger partial charge in [-0.05, 0) is 17.5 Å². The Hall–Kier alpha value is -1.71. The summed E-state index contributed by atoms with van der Waals surface area (Å²) in [7, 11) is 0. The summed E-state index contributed by atoms with van der Waals surface area (Å²) in [4.78, 5) is 5.30. The van der Waals surface area contributed by atoms with E-state index in [0.717, 1.165) is 21.3 Å². The number of rotatable bonds is 2.